The Morgan fingerprint density at radius 2 is 1.83 bits per heavy atom. The molecule has 2 aromatic carbocycles. The van der Waals surface area contributed by atoms with Crippen molar-refractivity contribution >= 4 is 22.5 Å². The monoisotopic (exact) mass is 403 g/mol. The van der Waals surface area contributed by atoms with E-state index >= 15 is 0 Å². The summed E-state index contributed by atoms with van der Waals surface area (Å²) in [5, 5.41) is 19.7. The van der Waals surface area contributed by atoms with E-state index in [-0.39, 0.29) is 0 Å². The summed E-state index contributed by atoms with van der Waals surface area (Å²) in [6, 6.07) is 12.2. The van der Waals surface area contributed by atoms with Gasteiger partial charge < -0.3 is 10.4 Å². The van der Waals surface area contributed by atoms with Gasteiger partial charge in [0, 0.05) is 43.3 Å². The second-order valence-electron chi connectivity index (χ2n) is 8.39. The first-order chi connectivity index (χ1) is 14.7. The van der Waals surface area contributed by atoms with E-state index in [0.29, 0.717) is 17.6 Å². The van der Waals surface area contributed by atoms with Crippen molar-refractivity contribution < 1.29 is 5.11 Å². The highest BCUT2D eigenvalue weighted by Gasteiger charge is 2.27. The van der Waals surface area contributed by atoms with Gasteiger partial charge in [-0.05, 0) is 49.4 Å². The molecule has 0 unspecified atom stereocenters. The third kappa shape index (κ3) is 3.50. The van der Waals surface area contributed by atoms with Crippen LogP contribution in [0.2, 0.25) is 0 Å². The molecule has 1 aliphatic carbocycles. The second-order valence-corrected chi connectivity index (χ2v) is 8.39. The summed E-state index contributed by atoms with van der Waals surface area (Å²) >= 11 is 0. The zero-order valence-corrected chi connectivity index (χ0v) is 17.5. The highest BCUT2D eigenvalue weighted by Crippen LogP contribution is 2.43. The largest absolute Gasteiger partial charge is 0.508 e. The number of piperazine rings is 1. The number of hydrogen-bond acceptors (Lipinski definition) is 6. The van der Waals surface area contributed by atoms with Crippen LogP contribution in [0.5, 0.6) is 5.75 Å². The number of aromatic hydroxyl groups is 1. The summed E-state index contributed by atoms with van der Waals surface area (Å²) in [6.45, 7) is 5.68. The number of rotatable bonds is 4. The summed E-state index contributed by atoms with van der Waals surface area (Å²) < 4.78 is 0. The second kappa shape index (κ2) is 8.20. The molecule has 2 N–H and O–H groups in total. The molecule has 3 aromatic rings. The number of aromatic nitrogens is 2. The fourth-order valence-electron chi connectivity index (χ4n) is 4.89. The maximum absolute atomic E-state index is 10.9. The zero-order valence-electron chi connectivity index (χ0n) is 17.5. The molecule has 2 aliphatic rings. The lowest BCUT2D eigenvalue weighted by atomic mass is 9.92. The van der Waals surface area contributed by atoms with Gasteiger partial charge in [-0.1, -0.05) is 31.0 Å². The lowest BCUT2D eigenvalue weighted by Crippen LogP contribution is -2.51. The van der Waals surface area contributed by atoms with E-state index in [1.807, 2.05) is 37.4 Å². The van der Waals surface area contributed by atoms with Crippen LogP contribution >= 0.6 is 0 Å². The van der Waals surface area contributed by atoms with Crippen LogP contribution in [0.1, 0.15) is 42.7 Å². The molecule has 1 saturated heterocycles. The molecule has 5 rings (SSSR count). The smallest absolute Gasteiger partial charge is 0.245 e. The minimum atomic E-state index is 0.375. The number of hydrogen-bond donors (Lipinski definition) is 2. The van der Waals surface area contributed by atoms with Gasteiger partial charge in [0.25, 0.3) is 0 Å². The van der Waals surface area contributed by atoms with Crippen molar-refractivity contribution in [3.8, 4) is 5.75 Å². The Kier molecular flexibility index (Phi) is 5.27. The molecule has 2 fully saturated rings. The Bertz CT molecular complexity index is 1030. The number of nitrogens with one attached hydrogen (secondary N) is 1. The Hall–Kier alpha value is -2.70. The molecular weight excluding hydrogens is 374 g/mol. The quantitative estimate of drug-likeness (QED) is 0.679. The van der Waals surface area contributed by atoms with Crippen molar-refractivity contribution in [2.45, 2.75) is 38.5 Å². The standard InChI is InChI=1S/C24H29N5O/c1-17-15-21(30)22(18-7-5-6-8-18)23-20(17)16-26-24(27-23)29(19-9-3-2-4-10-19)28-13-11-25-12-14-28/h2-4,9-10,15-16,18,25,30H,5-8,11-14H2,1H3. The third-order valence-corrected chi connectivity index (χ3v) is 6.42. The number of fused-ring (bicyclic) bond motifs is 1. The van der Waals surface area contributed by atoms with Gasteiger partial charge in [0.15, 0.2) is 0 Å². The summed E-state index contributed by atoms with van der Waals surface area (Å²) in [7, 11) is 0. The first-order valence-corrected chi connectivity index (χ1v) is 11.0. The van der Waals surface area contributed by atoms with E-state index in [9.17, 15) is 5.11 Å². The minimum absolute atomic E-state index is 0.375. The molecule has 0 amide bonds. The maximum Gasteiger partial charge on any atom is 0.245 e. The Labute approximate surface area is 177 Å². The Balaban J connectivity index is 1.67. The van der Waals surface area contributed by atoms with E-state index < -0.39 is 0 Å². The number of benzene rings is 2. The van der Waals surface area contributed by atoms with E-state index in [2.05, 4.69) is 27.5 Å². The first kappa shape index (κ1) is 19.3. The molecule has 6 heteroatoms. The van der Waals surface area contributed by atoms with Crippen molar-refractivity contribution in [3.05, 3.63) is 53.7 Å². The summed E-state index contributed by atoms with van der Waals surface area (Å²) in [5.41, 5.74) is 3.98. The van der Waals surface area contributed by atoms with Gasteiger partial charge in [0.2, 0.25) is 5.95 Å². The molecule has 30 heavy (non-hydrogen) atoms. The molecule has 1 aliphatic heterocycles. The average Bonchev–Trinajstić information content (AvgIpc) is 3.30. The fraction of sp³-hybridized carbons (Fsp3) is 0.417. The summed E-state index contributed by atoms with van der Waals surface area (Å²) in [6.07, 6.45) is 6.60. The van der Waals surface area contributed by atoms with Crippen molar-refractivity contribution in [1.29, 1.82) is 0 Å². The van der Waals surface area contributed by atoms with Gasteiger partial charge in [-0.15, -0.1) is 0 Å². The van der Waals surface area contributed by atoms with Crippen molar-refractivity contribution in [2.75, 3.05) is 31.2 Å². The molecule has 2 heterocycles. The average molecular weight is 404 g/mol. The van der Waals surface area contributed by atoms with Gasteiger partial charge in [-0.2, -0.15) is 0 Å². The van der Waals surface area contributed by atoms with Gasteiger partial charge in [0.1, 0.15) is 5.75 Å². The van der Waals surface area contributed by atoms with E-state index in [1.54, 1.807) is 0 Å². The van der Waals surface area contributed by atoms with Crippen LogP contribution in [0.4, 0.5) is 11.6 Å². The maximum atomic E-state index is 10.9. The number of phenolic OH excluding ortho intramolecular Hbond substituents is 1. The first-order valence-electron chi connectivity index (χ1n) is 11.0. The van der Waals surface area contributed by atoms with E-state index in [0.717, 1.165) is 66.7 Å². The topological polar surface area (TPSA) is 64.5 Å². The number of anilines is 2. The van der Waals surface area contributed by atoms with Gasteiger partial charge in [0.05, 0.1) is 11.2 Å². The zero-order chi connectivity index (χ0) is 20.5. The molecule has 0 spiro atoms. The SMILES string of the molecule is Cc1cc(O)c(C2CCCC2)c2nc(N(c3ccccc3)N3CCNCC3)ncc12. The van der Waals surface area contributed by atoms with Crippen LogP contribution in [0, 0.1) is 6.92 Å². The Morgan fingerprint density at radius 1 is 1.10 bits per heavy atom. The highest BCUT2D eigenvalue weighted by molar-refractivity contribution is 5.88. The summed E-state index contributed by atoms with van der Waals surface area (Å²) in [4.78, 5) is 9.87. The minimum Gasteiger partial charge on any atom is -0.508 e. The van der Waals surface area contributed by atoms with Crippen molar-refractivity contribution in [3.63, 3.8) is 0 Å². The van der Waals surface area contributed by atoms with Crippen LogP contribution in [0.3, 0.4) is 0 Å². The van der Waals surface area contributed by atoms with Crippen LogP contribution in [-0.2, 0) is 0 Å². The van der Waals surface area contributed by atoms with Gasteiger partial charge in [-0.3, -0.25) is 0 Å². The lowest BCUT2D eigenvalue weighted by Gasteiger charge is -2.37. The predicted octanol–water partition coefficient (Wildman–Crippen LogP) is 4.26. The molecule has 0 bridgehead atoms. The molecule has 1 saturated carbocycles. The van der Waals surface area contributed by atoms with Gasteiger partial charge >= 0.3 is 0 Å². The van der Waals surface area contributed by atoms with Crippen molar-refractivity contribution in [1.82, 2.24) is 20.3 Å². The Morgan fingerprint density at radius 3 is 2.57 bits per heavy atom. The van der Waals surface area contributed by atoms with Gasteiger partial charge in [-0.25, -0.2) is 20.0 Å². The van der Waals surface area contributed by atoms with Crippen LogP contribution in [0.25, 0.3) is 10.9 Å². The van der Waals surface area contributed by atoms with Crippen LogP contribution in [0.15, 0.2) is 42.6 Å². The van der Waals surface area contributed by atoms with E-state index in [1.165, 1.54) is 12.8 Å². The molecule has 0 atom stereocenters. The molecule has 156 valence electrons. The normalized spacial score (nSPS) is 18.2. The number of para-hydroxylation sites is 1. The third-order valence-electron chi connectivity index (χ3n) is 6.42. The fourth-order valence-corrected chi connectivity index (χ4v) is 4.89. The number of phenols is 1. The highest BCUT2D eigenvalue weighted by atomic mass is 16.3. The number of hydrazine groups is 1. The van der Waals surface area contributed by atoms with Crippen LogP contribution < -0.4 is 10.3 Å². The molecule has 6 nitrogen and oxygen atoms in total. The lowest BCUT2D eigenvalue weighted by molar-refractivity contribution is 0.240. The molecule has 1 aromatic heterocycles. The van der Waals surface area contributed by atoms with Crippen molar-refractivity contribution in [2.24, 2.45) is 0 Å². The van der Waals surface area contributed by atoms with E-state index in [4.69, 9.17) is 9.97 Å². The molecule has 0 radical (unpaired) electrons. The van der Waals surface area contributed by atoms with Crippen LogP contribution in [-0.4, -0.2) is 46.3 Å². The number of aryl methyl sites for hydroxylation is 1. The predicted molar refractivity (Wildman–Crippen MR) is 120 cm³/mol. The molecular formula is C24H29N5O. The number of nitrogens with zero attached hydrogens (tertiary/aromatic N) is 4. The summed E-state index contributed by atoms with van der Waals surface area (Å²) in [5.74, 6) is 1.42.